The number of rotatable bonds is 5. The lowest BCUT2D eigenvalue weighted by molar-refractivity contribution is -0.141. The minimum atomic E-state index is -0.931. The van der Waals surface area contributed by atoms with Gasteiger partial charge in [-0.3, -0.25) is 9.59 Å². The van der Waals surface area contributed by atoms with E-state index in [4.69, 9.17) is 9.84 Å². The van der Waals surface area contributed by atoms with Crippen molar-refractivity contribution in [1.82, 2.24) is 10.2 Å². The summed E-state index contributed by atoms with van der Waals surface area (Å²) in [7, 11) is 0. The number of nitrogens with one attached hydrogen (secondary N) is 1. The van der Waals surface area contributed by atoms with Gasteiger partial charge in [-0.1, -0.05) is 24.3 Å². The third-order valence-corrected chi connectivity index (χ3v) is 3.80. The van der Waals surface area contributed by atoms with Crippen molar-refractivity contribution >= 4 is 18.0 Å². The highest BCUT2D eigenvalue weighted by Crippen LogP contribution is 2.20. The second kappa shape index (κ2) is 7.55. The minimum Gasteiger partial charge on any atom is -0.481 e. The Kier molecular flexibility index (Phi) is 5.66. The van der Waals surface area contributed by atoms with Crippen LogP contribution in [0.3, 0.4) is 0 Å². The van der Waals surface area contributed by atoms with Crippen LogP contribution in [0.25, 0.3) is 0 Å². The van der Waals surface area contributed by atoms with Crippen molar-refractivity contribution in [1.29, 1.82) is 0 Å². The summed E-state index contributed by atoms with van der Waals surface area (Å²) in [6, 6.07) is 7.46. The van der Waals surface area contributed by atoms with Crippen molar-refractivity contribution in [2.75, 3.05) is 6.54 Å². The molecular formula is C18H24N2O5. The molecule has 1 unspecified atom stereocenters. The molecule has 0 saturated carbocycles. The zero-order valence-electron chi connectivity index (χ0n) is 14.7. The van der Waals surface area contributed by atoms with E-state index in [0.29, 0.717) is 13.1 Å². The molecule has 1 aromatic rings. The molecule has 136 valence electrons. The maximum absolute atomic E-state index is 11.9. The average molecular weight is 348 g/mol. The first kappa shape index (κ1) is 18.8. The maximum atomic E-state index is 11.9. The summed E-state index contributed by atoms with van der Waals surface area (Å²) >= 11 is 0. The van der Waals surface area contributed by atoms with Crippen molar-refractivity contribution in [2.24, 2.45) is 5.92 Å². The van der Waals surface area contributed by atoms with Crippen molar-refractivity contribution in [2.45, 2.75) is 45.9 Å². The molecule has 7 heteroatoms. The molecule has 1 saturated heterocycles. The topological polar surface area (TPSA) is 95.9 Å². The summed E-state index contributed by atoms with van der Waals surface area (Å²) < 4.78 is 5.17. The van der Waals surface area contributed by atoms with E-state index in [1.54, 1.807) is 25.7 Å². The van der Waals surface area contributed by atoms with Gasteiger partial charge in [-0.25, -0.2) is 4.79 Å². The SMILES string of the molecule is CC(C)(C)OC(=O)NCc1ccc(CN2CC(C(=O)O)CC2=O)cc1. The number of aliphatic carboxylic acids is 1. The fraction of sp³-hybridized carbons (Fsp3) is 0.500. The van der Waals surface area contributed by atoms with E-state index in [-0.39, 0.29) is 18.9 Å². The number of hydrogen-bond acceptors (Lipinski definition) is 4. The quantitative estimate of drug-likeness (QED) is 0.850. The van der Waals surface area contributed by atoms with Crippen LogP contribution in [0.5, 0.6) is 0 Å². The van der Waals surface area contributed by atoms with Gasteiger partial charge in [0.1, 0.15) is 5.60 Å². The lowest BCUT2D eigenvalue weighted by Crippen LogP contribution is -2.32. The molecule has 0 spiro atoms. The Morgan fingerprint density at radius 3 is 2.36 bits per heavy atom. The van der Waals surface area contributed by atoms with Crippen molar-refractivity contribution in [3.8, 4) is 0 Å². The molecule has 0 radical (unpaired) electrons. The summed E-state index contributed by atoms with van der Waals surface area (Å²) in [6.07, 6.45) is -0.410. The van der Waals surface area contributed by atoms with Crippen LogP contribution in [0, 0.1) is 5.92 Å². The van der Waals surface area contributed by atoms with E-state index in [1.165, 1.54) is 0 Å². The van der Waals surface area contributed by atoms with Crippen LogP contribution in [0.2, 0.25) is 0 Å². The van der Waals surface area contributed by atoms with E-state index in [9.17, 15) is 14.4 Å². The number of ether oxygens (including phenoxy) is 1. The molecule has 1 heterocycles. The van der Waals surface area contributed by atoms with Gasteiger partial charge >= 0.3 is 12.1 Å². The molecule has 1 aromatic carbocycles. The number of carboxylic acids is 1. The van der Waals surface area contributed by atoms with E-state index in [2.05, 4.69) is 5.32 Å². The van der Waals surface area contributed by atoms with Crippen molar-refractivity contribution in [3.63, 3.8) is 0 Å². The Labute approximate surface area is 147 Å². The molecule has 1 aliphatic heterocycles. The van der Waals surface area contributed by atoms with Gasteiger partial charge in [-0.05, 0) is 31.9 Å². The number of carbonyl (C=O) groups is 3. The monoisotopic (exact) mass is 348 g/mol. The summed E-state index contributed by atoms with van der Waals surface area (Å²) in [6.45, 7) is 6.39. The number of carbonyl (C=O) groups excluding carboxylic acids is 2. The molecule has 25 heavy (non-hydrogen) atoms. The highest BCUT2D eigenvalue weighted by Gasteiger charge is 2.33. The predicted molar refractivity (Wildman–Crippen MR) is 90.7 cm³/mol. The van der Waals surface area contributed by atoms with E-state index in [1.807, 2.05) is 24.3 Å². The van der Waals surface area contributed by atoms with Gasteiger partial charge in [0.05, 0.1) is 5.92 Å². The molecule has 7 nitrogen and oxygen atoms in total. The second-order valence-electron chi connectivity index (χ2n) is 7.19. The third kappa shape index (κ3) is 5.77. The molecule has 2 N–H and O–H groups in total. The normalized spacial score (nSPS) is 17.5. The molecule has 2 amide bonds. The van der Waals surface area contributed by atoms with E-state index < -0.39 is 23.6 Å². The van der Waals surface area contributed by atoms with Gasteiger partial charge in [0.2, 0.25) is 5.91 Å². The van der Waals surface area contributed by atoms with E-state index >= 15 is 0 Å². The van der Waals surface area contributed by atoms with Crippen molar-refractivity contribution in [3.05, 3.63) is 35.4 Å². The Morgan fingerprint density at radius 2 is 1.84 bits per heavy atom. The number of likely N-dealkylation sites (tertiary alicyclic amines) is 1. The smallest absolute Gasteiger partial charge is 0.407 e. The number of hydrogen-bond donors (Lipinski definition) is 2. The Hall–Kier alpha value is -2.57. The van der Waals surface area contributed by atoms with Gasteiger partial charge in [-0.2, -0.15) is 0 Å². The highest BCUT2D eigenvalue weighted by atomic mass is 16.6. The molecular weight excluding hydrogens is 324 g/mol. The van der Waals surface area contributed by atoms with Gasteiger partial charge < -0.3 is 20.1 Å². The number of carboxylic acid groups (broad SMARTS) is 1. The maximum Gasteiger partial charge on any atom is 0.407 e. The Balaban J connectivity index is 1.85. The molecule has 1 atom stereocenters. The predicted octanol–water partition coefficient (Wildman–Crippen LogP) is 2.14. The summed E-state index contributed by atoms with van der Waals surface area (Å²) in [5, 5.41) is 11.7. The fourth-order valence-electron chi connectivity index (χ4n) is 2.56. The fourth-order valence-corrected chi connectivity index (χ4v) is 2.56. The standard InChI is InChI=1S/C18H24N2O5/c1-18(2,3)25-17(24)19-9-12-4-6-13(7-5-12)10-20-11-14(16(22)23)8-15(20)21/h4-7,14H,8-11H2,1-3H3,(H,19,24)(H,22,23). The number of amides is 2. The molecule has 1 aliphatic rings. The Morgan fingerprint density at radius 1 is 1.24 bits per heavy atom. The van der Waals surface area contributed by atoms with Crippen LogP contribution in [0.1, 0.15) is 38.3 Å². The van der Waals surface area contributed by atoms with Crippen molar-refractivity contribution < 1.29 is 24.2 Å². The summed E-state index contributed by atoms with van der Waals surface area (Å²) in [5.41, 5.74) is 1.29. The lowest BCUT2D eigenvalue weighted by Gasteiger charge is -2.19. The van der Waals surface area contributed by atoms with Gasteiger partial charge in [0.25, 0.3) is 0 Å². The molecule has 0 aromatic heterocycles. The third-order valence-electron chi connectivity index (χ3n) is 3.80. The largest absolute Gasteiger partial charge is 0.481 e. The van der Waals surface area contributed by atoms with Gasteiger partial charge in [-0.15, -0.1) is 0 Å². The van der Waals surface area contributed by atoms with Crippen LogP contribution in [0.4, 0.5) is 4.79 Å². The number of alkyl carbamates (subject to hydrolysis) is 1. The Bertz CT molecular complexity index is 648. The van der Waals surface area contributed by atoms with Crippen LogP contribution in [-0.4, -0.2) is 40.1 Å². The van der Waals surface area contributed by atoms with Gasteiger partial charge in [0, 0.05) is 26.1 Å². The highest BCUT2D eigenvalue weighted by molar-refractivity contribution is 5.86. The lowest BCUT2D eigenvalue weighted by atomic mass is 10.1. The molecule has 2 rings (SSSR count). The minimum absolute atomic E-state index is 0.0627. The van der Waals surface area contributed by atoms with Crippen LogP contribution in [0.15, 0.2) is 24.3 Å². The summed E-state index contributed by atoms with van der Waals surface area (Å²) in [4.78, 5) is 36.0. The second-order valence-corrected chi connectivity index (χ2v) is 7.19. The molecule has 1 fully saturated rings. The number of benzene rings is 1. The van der Waals surface area contributed by atoms with E-state index in [0.717, 1.165) is 11.1 Å². The number of nitrogens with zero attached hydrogens (tertiary/aromatic N) is 1. The zero-order valence-corrected chi connectivity index (χ0v) is 14.7. The van der Waals surface area contributed by atoms with Crippen LogP contribution in [-0.2, 0) is 27.4 Å². The van der Waals surface area contributed by atoms with Crippen LogP contribution >= 0.6 is 0 Å². The zero-order chi connectivity index (χ0) is 18.6. The first-order valence-electron chi connectivity index (χ1n) is 8.19. The van der Waals surface area contributed by atoms with Crippen LogP contribution < -0.4 is 5.32 Å². The molecule has 0 bridgehead atoms. The summed E-state index contributed by atoms with van der Waals surface area (Å²) in [5.74, 6) is -1.69. The van der Waals surface area contributed by atoms with Gasteiger partial charge in [0.15, 0.2) is 0 Å². The first-order valence-corrected chi connectivity index (χ1v) is 8.19. The first-order chi connectivity index (χ1) is 11.6. The average Bonchev–Trinajstić information content (AvgIpc) is 2.86. The molecule has 0 aliphatic carbocycles.